The second kappa shape index (κ2) is 6.58. The molecule has 4 nitrogen and oxygen atoms in total. The number of aromatic nitrogens is 2. The second-order valence-electron chi connectivity index (χ2n) is 4.25. The molecule has 0 bridgehead atoms. The summed E-state index contributed by atoms with van der Waals surface area (Å²) in [5.41, 5.74) is 1.93. The molecule has 1 N–H and O–H groups in total. The maximum absolute atomic E-state index is 9.00. The van der Waals surface area contributed by atoms with Gasteiger partial charge in [-0.3, -0.25) is 5.32 Å². The molecule has 92 valence electrons. The summed E-state index contributed by atoms with van der Waals surface area (Å²) in [6.07, 6.45) is 0. The number of aryl methyl sites for hydroxylation is 2. The molecule has 0 saturated heterocycles. The minimum atomic E-state index is -0.163. The molecule has 0 spiro atoms. The van der Waals surface area contributed by atoms with Gasteiger partial charge in [0.2, 0.25) is 0 Å². The summed E-state index contributed by atoms with van der Waals surface area (Å²) < 4.78 is 0. The minimum absolute atomic E-state index is 0.163. The van der Waals surface area contributed by atoms with Crippen LogP contribution in [0, 0.1) is 25.2 Å². The Morgan fingerprint density at radius 3 is 2.41 bits per heavy atom. The third kappa shape index (κ3) is 5.16. The SMILES string of the molecule is Cc1cc(C)nc(SCC(C#N)NC(C)C)n1. The molecule has 1 aromatic heterocycles. The van der Waals surface area contributed by atoms with E-state index in [4.69, 9.17) is 5.26 Å². The number of nitrogens with zero attached hydrogens (tertiary/aromatic N) is 3. The van der Waals surface area contributed by atoms with Crippen LogP contribution in [-0.4, -0.2) is 27.8 Å². The summed E-state index contributed by atoms with van der Waals surface area (Å²) in [6, 6.07) is 4.33. The Hall–Kier alpha value is -1.12. The molecule has 0 aliphatic carbocycles. The number of nitrogens with one attached hydrogen (secondary N) is 1. The Kier molecular flexibility index (Phi) is 5.39. The number of rotatable bonds is 5. The van der Waals surface area contributed by atoms with E-state index in [1.54, 1.807) is 0 Å². The van der Waals surface area contributed by atoms with Gasteiger partial charge >= 0.3 is 0 Å². The Labute approximate surface area is 107 Å². The van der Waals surface area contributed by atoms with Gasteiger partial charge in [-0.25, -0.2) is 9.97 Å². The summed E-state index contributed by atoms with van der Waals surface area (Å²) in [6.45, 7) is 7.96. The van der Waals surface area contributed by atoms with Crippen LogP contribution in [0.25, 0.3) is 0 Å². The predicted octanol–water partition coefficient (Wildman–Crippen LogP) is 2.08. The average molecular weight is 250 g/mol. The highest BCUT2D eigenvalue weighted by Crippen LogP contribution is 2.15. The van der Waals surface area contributed by atoms with Gasteiger partial charge in [-0.15, -0.1) is 0 Å². The van der Waals surface area contributed by atoms with Crippen LogP contribution in [-0.2, 0) is 0 Å². The molecule has 0 fully saturated rings. The first kappa shape index (κ1) is 13.9. The largest absolute Gasteiger partial charge is 0.299 e. The van der Waals surface area contributed by atoms with Crippen molar-refractivity contribution in [3.63, 3.8) is 0 Å². The maximum atomic E-state index is 9.00. The van der Waals surface area contributed by atoms with Crippen LogP contribution in [0.4, 0.5) is 0 Å². The van der Waals surface area contributed by atoms with Crippen molar-refractivity contribution in [3.8, 4) is 6.07 Å². The van der Waals surface area contributed by atoms with E-state index in [1.807, 2.05) is 33.8 Å². The van der Waals surface area contributed by atoms with Gasteiger partial charge in [0, 0.05) is 23.2 Å². The molecular formula is C12H18N4S. The second-order valence-corrected chi connectivity index (χ2v) is 5.23. The van der Waals surface area contributed by atoms with E-state index in [-0.39, 0.29) is 6.04 Å². The van der Waals surface area contributed by atoms with E-state index in [1.165, 1.54) is 11.8 Å². The molecule has 17 heavy (non-hydrogen) atoms. The van der Waals surface area contributed by atoms with Crippen LogP contribution in [0.15, 0.2) is 11.2 Å². The van der Waals surface area contributed by atoms with Crippen molar-refractivity contribution in [2.75, 3.05) is 5.75 Å². The Morgan fingerprint density at radius 2 is 1.94 bits per heavy atom. The zero-order valence-corrected chi connectivity index (χ0v) is 11.5. The van der Waals surface area contributed by atoms with Crippen LogP contribution in [0.2, 0.25) is 0 Å². The first-order chi connectivity index (χ1) is 8.01. The van der Waals surface area contributed by atoms with Gasteiger partial charge in [0.25, 0.3) is 0 Å². The van der Waals surface area contributed by atoms with Gasteiger partial charge in [0.05, 0.1) is 6.07 Å². The highest BCUT2D eigenvalue weighted by Gasteiger charge is 2.10. The van der Waals surface area contributed by atoms with Crippen molar-refractivity contribution >= 4 is 11.8 Å². The molecule has 1 rings (SSSR count). The molecule has 0 saturated carbocycles. The highest BCUT2D eigenvalue weighted by molar-refractivity contribution is 7.99. The average Bonchev–Trinajstić information content (AvgIpc) is 2.22. The van der Waals surface area contributed by atoms with E-state index >= 15 is 0 Å². The molecule has 1 atom stereocenters. The minimum Gasteiger partial charge on any atom is -0.299 e. The number of nitriles is 1. The van der Waals surface area contributed by atoms with Crippen molar-refractivity contribution in [1.82, 2.24) is 15.3 Å². The van der Waals surface area contributed by atoms with Gasteiger partial charge < -0.3 is 0 Å². The monoisotopic (exact) mass is 250 g/mol. The fourth-order valence-corrected chi connectivity index (χ4v) is 2.34. The zero-order chi connectivity index (χ0) is 12.8. The highest BCUT2D eigenvalue weighted by atomic mass is 32.2. The van der Waals surface area contributed by atoms with Gasteiger partial charge in [-0.05, 0) is 33.8 Å². The molecule has 0 aliphatic rings. The molecule has 0 aliphatic heterocycles. The van der Waals surface area contributed by atoms with Crippen molar-refractivity contribution in [3.05, 3.63) is 17.5 Å². The lowest BCUT2D eigenvalue weighted by atomic mass is 10.3. The third-order valence-electron chi connectivity index (χ3n) is 2.03. The summed E-state index contributed by atoms with van der Waals surface area (Å²) >= 11 is 1.52. The number of hydrogen-bond acceptors (Lipinski definition) is 5. The molecule has 0 aromatic carbocycles. The zero-order valence-electron chi connectivity index (χ0n) is 10.7. The lowest BCUT2D eigenvalue weighted by molar-refractivity contribution is 0.560. The first-order valence-corrected chi connectivity index (χ1v) is 6.60. The van der Waals surface area contributed by atoms with Gasteiger partial charge in [0.15, 0.2) is 5.16 Å². The normalized spacial score (nSPS) is 12.5. The molecule has 0 radical (unpaired) electrons. The molecule has 1 unspecified atom stereocenters. The summed E-state index contributed by atoms with van der Waals surface area (Å²) in [4.78, 5) is 8.67. The van der Waals surface area contributed by atoms with E-state index in [2.05, 4.69) is 21.4 Å². The van der Waals surface area contributed by atoms with Crippen molar-refractivity contribution < 1.29 is 0 Å². The summed E-state index contributed by atoms with van der Waals surface area (Å²) in [7, 11) is 0. The molecule has 0 amide bonds. The topological polar surface area (TPSA) is 61.6 Å². The van der Waals surface area contributed by atoms with Crippen molar-refractivity contribution in [1.29, 1.82) is 5.26 Å². The van der Waals surface area contributed by atoms with Crippen LogP contribution < -0.4 is 5.32 Å². The van der Waals surface area contributed by atoms with Gasteiger partial charge in [0.1, 0.15) is 6.04 Å². The Balaban J connectivity index is 2.57. The van der Waals surface area contributed by atoms with Crippen LogP contribution in [0.3, 0.4) is 0 Å². The maximum Gasteiger partial charge on any atom is 0.188 e. The van der Waals surface area contributed by atoms with Crippen molar-refractivity contribution in [2.24, 2.45) is 0 Å². The number of thioether (sulfide) groups is 1. The Bertz CT molecular complexity index is 391. The predicted molar refractivity (Wildman–Crippen MR) is 69.9 cm³/mol. The molecule has 1 aromatic rings. The smallest absolute Gasteiger partial charge is 0.188 e. The van der Waals surface area contributed by atoms with E-state index in [9.17, 15) is 0 Å². The lowest BCUT2D eigenvalue weighted by Crippen LogP contribution is -2.35. The third-order valence-corrected chi connectivity index (χ3v) is 2.97. The quantitative estimate of drug-likeness (QED) is 0.640. The first-order valence-electron chi connectivity index (χ1n) is 5.62. The Morgan fingerprint density at radius 1 is 1.35 bits per heavy atom. The fraction of sp³-hybridized carbons (Fsp3) is 0.583. The lowest BCUT2D eigenvalue weighted by Gasteiger charge is -2.13. The molecule has 5 heteroatoms. The van der Waals surface area contributed by atoms with Crippen LogP contribution in [0.1, 0.15) is 25.2 Å². The van der Waals surface area contributed by atoms with Crippen LogP contribution >= 0.6 is 11.8 Å². The molecule has 1 heterocycles. The van der Waals surface area contributed by atoms with E-state index in [0.29, 0.717) is 11.8 Å². The van der Waals surface area contributed by atoms with Crippen molar-refractivity contribution in [2.45, 2.75) is 44.9 Å². The van der Waals surface area contributed by atoms with E-state index < -0.39 is 0 Å². The standard InChI is InChI=1S/C12H18N4S/c1-8(2)14-11(6-13)7-17-12-15-9(3)5-10(4)16-12/h5,8,11,14H,7H2,1-4H3. The fourth-order valence-electron chi connectivity index (χ4n) is 1.44. The summed E-state index contributed by atoms with van der Waals surface area (Å²) in [5.74, 6) is 0.664. The summed E-state index contributed by atoms with van der Waals surface area (Å²) in [5, 5.41) is 12.9. The van der Waals surface area contributed by atoms with Crippen LogP contribution in [0.5, 0.6) is 0 Å². The number of hydrogen-bond donors (Lipinski definition) is 1. The van der Waals surface area contributed by atoms with E-state index in [0.717, 1.165) is 16.5 Å². The van der Waals surface area contributed by atoms with Gasteiger partial charge in [-0.1, -0.05) is 11.8 Å². The van der Waals surface area contributed by atoms with Gasteiger partial charge in [-0.2, -0.15) is 5.26 Å². The molecular weight excluding hydrogens is 232 g/mol.